The number of carbonyl (C=O) groups is 1. The summed E-state index contributed by atoms with van der Waals surface area (Å²) < 4.78 is 1.54. The van der Waals surface area contributed by atoms with Crippen LogP contribution in [0.1, 0.15) is 0 Å². The van der Waals surface area contributed by atoms with Crippen molar-refractivity contribution >= 4 is 12.1 Å². The fraction of sp³-hybridized carbons (Fsp3) is 0.154. The van der Waals surface area contributed by atoms with E-state index in [-0.39, 0.29) is 23.8 Å². The van der Waals surface area contributed by atoms with E-state index in [1.807, 2.05) is 0 Å². The summed E-state index contributed by atoms with van der Waals surface area (Å²) in [5.41, 5.74) is 0.640. The van der Waals surface area contributed by atoms with Crippen LogP contribution in [0, 0.1) is 0 Å². The molecule has 0 bridgehead atoms. The van der Waals surface area contributed by atoms with Crippen LogP contribution < -0.4 is 4.90 Å². The first kappa shape index (κ1) is 12.8. The van der Waals surface area contributed by atoms with E-state index in [9.17, 15) is 20.1 Å². The average molecular weight is 262 g/mol. The molecule has 6 nitrogen and oxygen atoms in total. The van der Waals surface area contributed by atoms with Gasteiger partial charge in [-0.1, -0.05) is 0 Å². The van der Waals surface area contributed by atoms with Crippen molar-refractivity contribution in [3.05, 3.63) is 30.5 Å². The second kappa shape index (κ2) is 4.93. The number of likely N-dealkylation sites (N-methyl/N-ethyl adjacent to an activating group) is 1. The fourth-order valence-electron chi connectivity index (χ4n) is 1.85. The van der Waals surface area contributed by atoms with Gasteiger partial charge in [-0.05, 0) is 24.3 Å². The predicted molar refractivity (Wildman–Crippen MR) is 70.1 cm³/mol. The largest absolute Gasteiger partial charge is 0.508 e. The number of nitrogens with zero attached hydrogens (tertiary/aromatic N) is 2. The molecule has 1 aromatic carbocycles. The highest BCUT2D eigenvalue weighted by Gasteiger charge is 2.19. The van der Waals surface area contributed by atoms with Gasteiger partial charge in [-0.3, -0.25) is 4.57 Å². The maximum absolute atomic E-state index is 10.6. The molecule has 0 spiro atoms. The van der Waals surface area contributed by atoms with Crippen LogP contribution >= 0.6 is 0 Å². The molecule has 0 saturated heterocycles. The van der Waals surface area contributed by atoms with E-state index >= 15 is 0 Å². The molecular formula is C13H14N2O4. The first-order valence-corrected chi connectivity index (χ1v) is 5.62. The number of phenolic OH excluding ortho intramolecular Hbond substituents is 1. The van der Waals surface area contributed by atoms with E-state index in [4.69, 9.17) is 0 Å². The lowest BCUT2D eigenvalue weighted by Crippen LogP contribution is -2.22. The number of anilines is 1. The highest BCUT2D eigenvalue weighted by Crippen LogP contribution is 2.39. The third-order valence-corrected chi connectivity index (χ3v) is 2.77. The lowest BCUT2D eigenvalue weighted by molar-refractivity contribution is -0.106. The molecule has 100 valence electrons. The smallest absolute Gasteiger partial charge is 0.201 e. The van der Waals surface area contributed by atoms with Crippen molar-refractivity contribution in [3.63, 3.8) is 0 Å². The van der Waals surface area contributed by atoms with Gasteiger partial charge < -0.3 is 25.0 Å². The van der Waals surface area contributed by atoms with Gasteiger partial charge in [0.25, 0.3) is 0 Å². The van der Waals surface area contributed by atoms with Crippen LogP contribution in [0.4, 0.5) is 5.82 Å². The second-order valence-electron chi connectivity index (χ2n) is 4.12. The zero-order valence-corrected chi connectivity index (χ0v) is 10.3. The molecule has 0 fully saturated rings. The van der Waals surface area contributed by atoms with Gasteiger partial charge in [-0.25, -0.2) is 0 Å². The van der Waals surface area contributed by atoms with E-state index in [0.29, 0.717) is 17.8 Å². The second-order valence-corrected chi connectivity index (χ2v) is 4.12. The van der Waals surface area contributed by atoms with Gasteiger partial charge in [0, 0.05) is 12.7 Å². The Morgan fingerprint density at radius 2 is 1.84 bits per heavy atom. The van der Waals surface area contributed by atoms with Gasteiger partial charge in [-0.2, -0.15) is 0 Å². The minimum Gasteiger partial charge on any atom is -0.508 e. The number of phenols is 1. The monoisotopic (exact) mass is 262 g/mol. The van der Waals surface area contributed by atoms with Crippen molar-refractivity contribution in [2.45, 2.75) is 0 Å². The van der Waals surface area contributed by atoms with Crippen molar-refractivity contribution < 1.29 is 20.1 Å². The molecule has 1 aromatic heterocycles. The van der Waals surface area contributed by atoms with Crippen LogP contribution in [-0.2, 0) is 4.79 Å². The predicted octanol–water partition coefficient (Wildman–Crippen LogP) is 1.23. The van der Waals surface area contributed by atoms with Crippen LogP contribution in [-0.4, -0.2) is 39.8 Å². The summed E-state index contributed by atoms with van der Waals surface area (Å²) in [4.78, 5) is 12.1. The summed E-state index contributed by atoms with van der Waals surface area (Å²) in [6, 6.07) is 6.25. The van der Waals surface area contributed by atoms with Crippen molar-refractivity contribution in [1.82, 2.24) is 4.57 Å². The summed E-state index contributed by atoms with van der Waals surface area (Å²) in [6.07, 6.45) is 2.04. The summed E-state index contributed by atoms with van der Waals surface area (Å²) in [6.45, 7) is 0.0785. The SMILES string of the molecule is CN(CC=O)c1c(O)c(O)cn1-c1ccc(O)cc1. The van der Waals surface area contributed by atoms with Gasteiger partial charge in [0.2, 0.25) is 5.75 Å². The minimum absolute atomic E-state index is 0.0785. The van der Waals surface area contributed by atoms with E-state index in [0.717, 1.165) is 0 Å². The molecule has 0 saturated carbocycles. The zero-order chi connectivity index (χ0) is 14.0. The minimum atomic E-state index is -0.294. The molecule has 2 rings (SSSR count). The first-order chi connectivity index (χ1) is 9.04. The van der Waals surface area contributed by atoms with Gasteiger partial charge in [0.15, 0.2) is 11.6 Å². The van der Waals surface area contributed by atoms with Crippen LogP contribution in [0.2, 0.25) is 0 Å². The van der Waals surface area contributed by atoms with Gasteiger partial charge >= 0.3 is 0 Å². The average Bonchev–Trinajstić information content (AvgIpc) is 2.67. The molecule has 0 aliphatic carbocycles. The summed E-state index contributed by atoms with van der Waals surface area (Å²) in [7, 11) is 1.62. The van der Waals surface area contributed by atoms with Crippen molar-refractivity contribution in [2.24, 2.45) is 0 Å². The van der Waals surface area contributed by atoms with Crippen LogP contribution in [0.3, 0.4) is 0 Å². The molecular weight excluding hydrogens is 248 g/mol. The molecule has 19 heavy (non-hydrogen) atoms. The highest BCUT2D eigenvalue weighted by molar-refractivity contribution is 5.68. The molecule has 0 amide bonds. The quantitative estimate of drug-likeness (QED) is 0.721. The Morgan fingerprint density at radius 3 is 2.42 bits per heavy atom. The highest BCUT2D eigenvalue weighted by atomic mass is 16.3. The number of benzene rings is 1. The summed E-state index contributed by atoms with van der Waals surface area (Å²) in [5.74, 6) is -0.152. The normalized spacial score (nSPS) is 10.4. The van der Waals surface area contributed by atoms with Crippen molar-refractivity contribution in [3.8, 4) is 22.9 Å². The third kappa shape index (κ3) is 2.33. The Morgan fingerprint density at radius 1 is 1.21 bits per heavy atom. The number of hydrogen-bond donors (Lipinski definition) is 3. The third-order valence-electron chi connectivity index (χ3n) is 2.77. The Hall–Kier alpha value is -2.63. The van der Waals surface area contributed by atoms with E-state index in [1.54, 1.807) is 19.2 Å². The molecule has 0 unspecified atom stereocenters. The summed E-state index contributed by atoms with van der Waals surface area (Å²) >= 11 is 0. The van der Waals surface area contributed by atoms with Gasteiger partial charge in [0.05, 0.1) is 12.7 Å². The maximum Gasteiger partial charge on any atom is 0.201 e. The Kier molecular flexibility index (Phi) is 3.33. The van der Waals surface area contributed by atoms with Crippen LogP contribution in [0.5, 0.6) is 17.2 Å². The van der Waals surface area contributed by atoms with Crippen LogP contribution in [0.15, 0.2) is 30.5 Å². The molecule has 0 aliphatic rings. The molecule has 0 radical (unpaired) electrons. The lowest BCUT2D eigenvalue weighted by atomic mass is 10.3. The number of hydrogen-bond acceptors (Lipinski definition) is 5. The topological polar surface area (TPSA) is 85.9 Å². The van der Waals surface area contributed by atoms with E-state index in [2.05, 4.69) is 0 Å². The number of aromatic hydroxyl groups is 3. The molecule has 0 atom stereocenters. The molecule has 6 heteroatoms. The zero-order valence-electron chi connectivity index (χ0n) is 10.3. The standard InChI is InChI=1S/C13H14N2O4/c1-14(6-7-16)13-12(19)11(18)8-15(13)9-2-4-10(17)5-3-9/h2-5,7-8,17-19H,6H2,1H3. The Bertz CT molecular complexity index is 589. The summed E-state index contributed by atoms with van der Waals surface area (Å²) in [5, 5.41) is 28.7. The fourth-order valence-corrected chi connectivity index (χ4v) is 1.85. The molecule has 3 N–H and O–H groups in total. The Labute approximate surface area is 109 Å². The Balaban J connectivity index is 2.53. The van der Waals surface area contributed by atoms with E-state index in [1.165, 1.54) is 27.8 Å². The molecule has 2 aromatic rings. The maximum atomic E-state index is 10.6. The van der Waals surface area contributed by atoms with Crippen molar-refractivity contribution in [2.75, 3.05) is 18.5 Å². The van der Waals surface area contributed by atoms with Crippen molar-refractivity contribution in [1.29, 1.82) is 0 Å². The number of aldehydes is 1. The molecule has 0 aliphatic heterocycles. The molecule has 1 heterocycles. The van der Waals surface area contributed by atoms with Gasteiger partial charge in [-0.15, -0.1) is 0 Å². The lowest BCUT2D eigenvalue weighted by Gasteiger charge is -2.19. The number of carbonyl (C=O) groups excluding carboxylic acids is 1. The first-order valence-electron chi connectivity index (χ1n) is 5.62. The van der Waals surface area contributed by atoms with Gasteiger partial charge in [0.1, 0.15) is 12.0 Å². The number of aromatic nitrogens is 1. The van der Waals surface area contributed by atoms with E-state index < -0.39 is 0 Å². The number of rotatable bonds is 4. The van der Waals surface area contributed by atoms with Crippen LogP contribution in [0.25, 0.3) is 5.69 Å².